The fraction of sp³-hybridized carbons (Fsp3) is 0.536. The molecule has 0 amide bonds. The minimum Gasteiger partial charge on any atom is -0.459 e. The molecule has 0 aliphatic rings. The molecule has 0 fully saturated rings. The van der Waals surface area contributed by atoms with Crippen molar-refractivity contribution in [1.82, 2.24) is 19.4 Å². The Hall–Kier alpha value is -3.05. The third-order valence-electron chi connectivity index (χ3n) is 6.13. The van der Waals surface area contributed by atoms with E-state index in [1.54, 1.807) is 66.6 Å². The molecule has 10 heteroatoms. The number of pyridine rings is 1. The number of imidazole rings is 1. The molecule has 2 N–H and O–H groups in total. The van der Waals surface area contributed by atoms with E-state index >= 15 is 0 Å². The van der Waals surface area contributed by atoms with Gasteiger partial charge in [0.2, 0.25) is 0 Å². The Bertz CT molecular complexity index is 1290. The van der Waals surface area contributed by atoms with Crippen molar-refractivity contribution in [2.24, 2.45) is 7.05 Å². The lowest BCUT2D eigenvalue weighted by atomic mass is 10.1. The summed E-state index contributed by atoms with van der Waals surface area (Å²) in [5.74, 6) is 0.185. The van der Waals surface area contributed by atoms with Gasteiger partial charge in [0.05, 0.1) is 36.4 Å². The van der Waals surface area contributed by atoms with Gasteiger partial charge < -0.3 is 28.5 Å². The van der Waals surface area contributed by atoms with E-state index in [9.17, 15) is 14.7 Å². The second kappa shape index (κ2) is 12.2. The monoisotopic (exact) mass is 528 g/mol. The minimum absolute atomic E-state index is 0.0623. The van der Waals surface area contributed by atoms with Crippen LogP contribution in [-0.2, 0) is 32.6 Å². The lowest BCUT2D eigenvalue weighted by Crippen LogP contribution is -2.47. The van der Waals surface area contributed by atoms with Crippen LogP contribution in [0.3, 0.4) is 0 Å². The molecule has 0 aliphatic heterocycles. The number of hydrogen-bond acceptors (Lipinski definition) is 8. The predicted molar refractivity (Wildman–Crippen MR) is 146 cm³/mol. The number of ether oxygens (including phenoxy) is 3. The molecule has 208 valence electrons. The van der Waals surface area contributed by atoms with Crippen molar-refractivity contribution in [2.75, 3.05) is 27.4 Å². The number of carbonyl (C=O) groups excluding carboxylic acids is 1. The average Bonchev–Trinajstić information content (AvgIpc) is 3.19. The zero-order chi connectivity index (χ0) is 28.2. The van der Waals surface area contributed by atoms with Crippen molar-refractivity contribution < 1.29 is 24.1 Å². The molecule has 3 rings (SSSR count). The van der Waals surface area contributed by atoms with Gasteiger partial charge in [0.25, 0.3) is 5.56 Å². The number of methoxy groups -OCH3 is 2. The fourth-order valence-corrected chi connectivity index (χ4v) is 4.45. The van der Waals surface area contributed by atoms with Gasteiger partial charge in [0.1, 0.15) is 17.5 Å². The van der Waals surface area contributed by atoms with Crippen molar-refractivity contribution in [3.8, 4) is 11.4 Å². The number of nitrogens with one attached hydrogen (secondary N) is 1. The summed E-state index contributed by atoms with van der Waals surface area (Å²) in [6, 6.07) is 6.63. The Morgan fingerprint density at radius 2 is 1.82 bits per heavy atom. The van der Waals surface area contributed by atoms with Gasteiger partial charge in [-0.3, -0.25) is 14.9 Å². The number of aryl methyl sites for hydroxylation is 2. The molecular formula is C28H40N4O6. The first-order valence-electron chi connectivity index (χ1n) is 12.7. The van der Waals surface area contributed by atoms with Crippen LogP contribution in [0.25, 0.3) is 22.4 Å². The molecule has 2 heterocycles. The first kappa shape index (κ1) is 29.5. The number of carbonyl (C=O) groups is 1. The maximum atomic E-state index is 12.6. The molecule has 0 saturated carbocycles. The Kier molecular flexibility index (Phi) is 9.48. The van der Waals surface area contributed by atoms with E-state index in [0.717, 1.165) is 22.2 Å². The normalized spacial score (nSPS) is 13.7. The van der Waals surface area contributed by atoms with E-state index < -0.39 is 23.7 Å². The van der Waals surface area contributed by atoms with Gasteiger partial charge in [-0.15, -0.1) is 0 Å². The van der Waals surface area contributed by atoms with Gasteiger partial charge in [0, 0.05) is 45.1 Å². The van der Waals surface area contributed by atoms with Gasteiger partial charge in [-0.1, -0.05) is 6.07 Å². The number of esters is 1. The van der Waals surface area contributed by atoms with E-state index in [1.165, 1.54) is 0 Å². The van der Waals surface area contributed by atoms with Crippen molar-refractivity contribution in [3.63, 3.8) is 0 Å². The van der Waals surface area contributed by atoms with E-state index in [-0.39, 0.29) is 11.6 Å². The van der Waals surface area contributed by atoms with E-state index in [1.807, 2.05) is 24.3 Å². The van der Waals surface area contributed by atoms with E-state index in [2.05, 4.69) is 9.88 Å². The van der Waals surface area contributed by atoms with Crippen LogP contribution in [0.5, 0.6) is 0 Å². The summed E-state index contributed by atoms with van der Waals surface area (Å²) in [6.07, 6.45) is 0.840. The van der Waals surface area contributed by atoms with Gasteiger partial charge in [-0.25, -0.2) is 4.98 Å². The highest BCUT2D eigenvalue weighted by Crippen LogP contribution is 2.30. The lowest BCUT2D eigenvalue weighted by Gasteiger charge is -2.26. The number of fused-ring (bicyclic) bond motifs is 1. The largest absolute Gasteiger partial charge is 0.459 e. The summed E-state index contributed by atoms with van der Waals surface area (Å²) in [5.41, 5.74) is 3.22. The summed E-state index contributed by atoms with van der Waals surface area (Å²) in [6.45, 7) is 9.82. The third kappa shape index (κ3) is 6.87. The maximum absolute atomic E-state index is 12.6. The van der Waals surface area contributed by atoms with Gasteiger partial charge >= 0.3 is 5.97 Å². The molecule has 0 radical (unpaired) electrons. The van der Waals surface area contributed by atoms with Crippen LogP contribution in [0.4, 0.5) is 0 Å². The zero-order valence-corrected chi connectivity index (χ0v) is 23.6. The van der Waals surface area contributed by atoms with Crippen molar-refractivity contribution in [3.05, 3.63) is 51.9 Å². The molecule has 0 bridgehead atoms. The average molecular weight is 529 g/mol. The molecule has 0 saturated heterocycles. The third-order valence-corrected chi connectivity index (χ3v) is 6.13. The number of aliphatic hydroxyl groups is 1. The van der Waals surface area contributed by atoms with E-state index in [4.69, 9.17) is 19.2 Å². The van der Waals surface area contributed by atoms with E-state index in [0.29, 0.717) is 31.1 Å². The Morgan fingerprint density at radius 3 is 2.37 bits per heavy atom. The highest BCUT2D eigenvalue weighted by molar-refractivity contribution is 5.82. The quantitative estimate of drug-likeness (QED) is 0.365. The smallest absolute Gasteiger partial charge is 0.326 e. The fourth-order valence-electron chi connectivity index (χ4n) is 4.45. The van der Waals surface area contributed by atoms with Crippen LogP contribution in [0, 0.1) is 6.92 Å². The minimum atomic E-state index is -0.938. The Balaban J connectivity index is 2.06. The van der Waals surface area contributed by atoms with Crippen LogP contribution in [0.2, 0.25) is 0 Å². The summed E-state index contributed by atoms with van der Waals surface area (Å²) in [7, 11) is 5.00. The predicted octanol–water partition coefficient (Wildman–Crippen LogP) is 2.73. The van der Waals surface area contributed by atoms with Crippen LogP contribution in [-0.4, -0.2) is 70.4 Å². The van der Waals surface area contributed by atoms with Gasteiger partial charge in [-0.05, 0) is 58.4 Å². The number of rotatable bonds is 11. The number of aromatic nitrogens is 3. The Morgan fingerprint density at radius 1 is 1.16 bits per heavy atom. The molecule has 38 heavy (non-hydrogen) atoms. The highest BCUT2D eigenvalue weighted by Gasteiger charge is 2.29. The standard InChI is InChI=1S/C28H40N4O6/c1-17-11-20(14-31(6)26(17)34)25-30-22-10-9-19(12-23(22)32(25)21(15-36-7)16-37-8)13-29-24(18(2)33)27(35)38-28(3,4)5/h9-12,14,18,21,24,29,33H,13,15-16H2,1-8H3/t18-,24+/m1/s1. The second-order valence-corrected chi connectivity index (χ2v) is 10.7. The molecule has 2 atom stereocenters. The van der Waals surface area contributed by atoms with Crippen LogP contribution < -0.4 is 10.9 Å². The zero-order valence-electron chi connectivity index (χ0n) is 23.6. The van der Waals surface area contributed by atoms with Gasteiger partial charge in [-0.2, -0.15) is 0 Å². The van der Waals surface area contributed by atoms with Gasteiger partial charge in [0.15, 0.2) is 0 Å². The molecule has 2 aromatic heterocycles. The number of hydrogen-bond donors (Lipinski definition) is 2. The molecule has 3 aromatic rings. The van der Waals surface area contributed by atoms with Crippen LogP contribution >= 0.6 is 0 Å². The molecule has 1 aromatic carbocycles. The number of aliphatic hydroxyl groups excluding tert-OH is 1. The van der Waals surface area contributed by atoms with Crippen molar-refractivity contribution in [2.45, 2.75) is 65.0 Å². The molecular weight excluding hydrogens is 488 g/mol. The SMILES string of the molecule is COCC(COC)n1c(-c2cc(C)c(=O)n(C)c2)nc2ccc(CN[C@H](C(=O)OC(C)(C)C)[C@@H](C)O)cc21. The van der Waals surface area contributed by atoms with Crippen molar-refractivity contribution >= 4 is 17.0 Å². The number of benzene rings is 1. The van der Waals surface area contributed by atoms with Crippen LogP contribution in [0.1, 0.15) is 44.9 Å². The Labute approximate surface area is 223 Å². The summed E-state index contributed by atoms with van der Waals surface area (Å²) in [5, 5.41) is 13.4. The van der Waals surface area contributed by atoms with Crippen LogP contribution in [0.15, 0.2) is 35.3 Å². The molecule has 0 aliphatic carbocycles. The molecule has 0 spiro atoms. The first-order valence-corrected chi connectivity index (χ1v) is 12.7. The summed E-state index contributed by atoms with van der Waals surface area (Å²) in [4.78, 5) is 29.9. The highest BCUT2D eigenvalue weighted by atomic mass is 16.6. The topological polar surface area (TPSA) is 117 Å². The second-order valence-electron chi connectivity index (χ2n) is 10.7. The van der Waals surface area contributed by atoms with Crippen molar-refractivity contribution in [1.29, 1.82) is 0 Å². The first-order chi connectivity index (χ1) is 17.9. The maximum Gasteiger partial charge on any atom is 0.326 e. The molecule has 0 unspecified atom stereocenters. The molecule has 10 nitrogen and oxygen atoms in total. The summed E-state index contributed by atoms with van der Waals surface area (Å²) >= 11 is 0. The number of nitrogens with zero attached hydrogens (tertiary/aromatic N) is 3. The lowest BCUT2D eigenvalue weighted by molar-refractivity contribution is -0.160. The summed E-state index contributed by atoms with van der Waals surface area (Å²) < 4.78 is 20.1.